The monoisotopic (exact) mass is 349 g/mol. The molecule has 3 aromatic heterocycles. The van der Waals surface area contributed by atoms with Gasteiger partial charge in [-0.1, -0.05) is 12.1 Å². The molecule has 1 aliphatic heterocycles. The minimum absolute atomic E-state index is 0.00557. The van der Waals surface area contributed by atoms with E-state index in [1.807, 2.05) is 55.0 Å². The zero-order valence-corrected chi connectivity index (χ0v) is 14.7. The summed E-state index contributed by atoms with van der Waals surface area (Å²) in [6.45, 7) is 2.95. The first kappa shape index (κ1) is 15.8. The second-order valence-corrected chi connectivity index (χ2v) is 6.29. The van der Waals surface area contributed by atoms with Crippen molar-refractivity contribution in [2.75, 3.05) is 6.54 Å². The minimum Gasteiger partial charge on any atom is -0.352 e. The van der Waals surface area contributed by atoms with Gasteiger partial charge in [0.1, 0.15) is 5.82 Å². The van der Waals surface area contributed by atoms with Gasteiger partial charge in [-0.3, -0.25) is 4.98 Å². The van der Waals surface area contributed by atoms with Crippen molar-refractivity contribution in [2.24, 2.45) is 0 Å². The van der Waals surface area contributed by atoms with E-state index in [1.54, 1.807) is 0 Å². The molecule has 1 N–H and O–H groups in total. The van der Waals surface area contributed by atoms with Gasteiger partial charge in [-0.2, -0.15) is 0 Å². The molecule has 0 radical (unpaired) electrons. The van der Waals surface area contributed by atoms with Crippen LogP contribution in [-0.4, -0.2) is 31.1 Å². The molecule has 126 valence electrons. The van der Waals surface area contributed by atoms with Gasteiger partial charge in [-0.05, 0) is 55.5 Å². The highest BCUT2D eigenvalue weighted by molar-refractivity contribution is 7.80. The van der Waals surface area contributed by atoms with Gasteiger partial charge in [-0.15, -0.1) is 0 Å². The van der Waals surface area contributed by atoms with Gasteiger partial charge < -0.3 is 14.8 Å². The van der Waals surface area contributed by atoms with E-state index in [9.17, 15) is 0 Å². The molecule has 3 aromatic rings. The van der Waals surface area contributed by atoms with Crippen LogP contribution >= 0.6 is 12.2 Å². The molecular formula is C19H19N5S. The molecule has 4 rings (SSSR count). The number of pyridine rings is 2. The van der Waals surface area contributed by atoms with Crippen LogP contribution in [0.1, 0.15) is 30.4 Å². The Labute approximate surface area is 152 Å². The third-order valence-corrected chi connectivity index (χ3v) is 4.87. The van der Waals surface area contributed by atoms with Crippen LogP contribution in [0.25, 0.3) is 5.82 Å². The van der Waals surface area contributed by atoms with Crippen molar-refractivity contribution in [3.05, 3.63) is 78.5 Å². The van der Waals surface area contributed by atoms with Gasteiger partial charge in [0.15, 0.2) is 5.11 Å². The van der Waals surface area contributed by atoms with Gasteiger partial charge in [0.2, 0.25) is 0 Å². The highest BCUT2D eigenvalue weighted by Crippen LogP contribution is 2.38. The number of thiocarbonyl (C=S) groups is 1. The van der Waals surface area contributed by atoms with Gasteiger partial charge in [0.05, 0.1) is 17.8 Å². The van der Waals surface area contributed by atoms with Gasteiger partial charge in [-0.25, -0.2) is 4.98 Å². The first-order valence-electron chi connectivity index (χ1n) is 8.36. The molecule has 0 bridgehead atoms. The summed E-state index contributed by atoms with van der Waals surface area (Å²) < 4.78 is 2.12. The highest BCUT2D eigenvalue weighted by Gasteiger charge is 2.40. The van der Waals surface area contributed by atoms with Crippen molar-refractivity contribution in [2.45, 2.75) is 19.0 Å². The number of rotatable bonds is 4. The number of likely N-dealkylation sites (N-methyl/N-ethyl adjacent to an activating group) is 1. The maximum Gasteiger partial charge on any atom is 0.170 e. The summed E-state index contributed by atoms with van der Waals surface area (Å²) in [5, 5.41) is 4.21. The molecule has 4 heterocycles. The summed E-state index contributed by atoms with van der Waals surface area (Å²) in [4.78, 5) is 11.3. The Balaban J connectivity index is 1.81. The third kappa shape index (κ3) is 2.78. The van der Waals surface area contributed by atoms with Crippen molar-refractivity contribution in [3.63, 3.8) is 0 Å². The van der Waals surface area contributed by atoms with E-state index in [1.165, 1.54) is 0 Å². The number of hydrogen-bond donors (Lipinski definition) is 1. The average Bonchev–Trinajstić information content (AvgIpc) is 3.27. The smallest absolute Gasteiger partial charge is 0.170 e. The maximum absolute atomic E-state index is 5.59. The number of nitrogens with zero attached hydrogens (tertiary/aromatic N) is 4. The molecule has 1 aliphatic rings. The first-order chi connectivity index (χ1) is 12.3. The van der Waals surface area contributed by atoms with Gasteiger partial charge in [0, 0.05) is 30.8 Å². The topological polar surface area (TPSA) is 46.0 Å². The minimum atomic E-state index is 0.00557. The van der Waals surface area contributed by atoms with Crippen LogP contribution in [0.3, 0.4) is 0 Å². The van der Waals surface area contributed by atoms with Crippen LogP contribution in [0.4, 0.5) is 0 Å². The van der Waals surface area contributed by atoms with Crippen LogP contribution in [0.2, 0.25) is 0 Å². The van der Waals surface area contributed by atoms with Gasteiger partial charge >= 0.3 is 0 Å². The molecule has 0 saturated carbocycles. The Kier molecular flexibility index (Phi) is 4.19. The first-order valence-corrected chi connectivity index (χ1v) is 8.77. The van der Waals surface area contributed by atoms with E-state index in [0.717, 1.165) is 28.9 Å². The molecular weight excluding hydrogens is 330 g/mol. The second-order valence-electron chi connectivity index (χ2n) is 5.90. The summed E-state index contributed by atoms with van der Waals surface area (Å²) >= 11 is 5.59. The molecule has 5 nitrogen and oxygen atoms in total. The second kappa shape index (κ2) is 6.64. The largest absolute Gasteiger partial charge is 0.352 e. The van der Waals surface area contributed by atoms with E-state index < -0.39 is 0 Å². The molecule has 25 heavy (non-hydrogen) atoms. The third-order valence-electron chi connectivity index (χ3n) is 4.52. The molecule has 1 saturated heterocycles. The van der Waals surface area contributed by atoms with Crippen molar-refractivity contribution < 1.29 is 0 Å². The molecule has 6 heteroatoms. The predicted molar refractivity (Wildman–Crippen MR) is 101 cm³/mol. The molecule has 0 amide bonds. The standard InChI is InChI=1S/C19H19N5S/c1-2-23-18(17(22-19(23)25)14-8-3-5-11-20-14)15-9-7-13-24(15)16-10-4-6-12-21-16/h3-13,17-18H,2H2,1H3,(H,22,25)/t17-,18-/m0/s1. The zero-order chi connectivity index (χ0) is 17.2. The fourth-order valence-corrected chi connectivity index (χ4v) is 3.78. The van der Waals surface area contributed by atoms with Gasteiger partial charge in [0.25, 0.3) is 0 Å². The Morgan fingerprint density at radius 3 is 2.52 bits per heavy atom. The van der Waals surface area contributed by atoms with Crippen LogP contribution in [0.15, 0.2) is 67.1 Å². The Bertz CT molecular complexity index is 862. The Hall–Kier alpha value is -2.73. The average molecular weight is 349 g/mol. The lowest BCUT2D eigenvalue weighted by Gasteiger charge is -2.27. The quantitative estimate of drug-likeness (QED) is 0.733. The summed E-state index contributed by atoms with van der Waals surface area (Å²) in [6.07, 6.45) is 5.68. The highest BCUT2D eigenvalue weighted by atomic mass is 32.1. The fourth-order valence-electron chi connectivity index (χ4n) is 3.41. The SMILES string of the molecule is CCN1C(=S)N[C@@H](c2ccccn2)[C@@H]1c1cccn1-c1ccccn1. The molecule has 0 aliphatic carbocycles. The van der Waals surface area contributed by atoms with E-state index >= 15 is 0 Å². The summed E-state index contributed by atoms with van der Waals surface area (Å²) in [5.74, 6) is 0.899. The fraction of sp³-hybridized carbons (Fsp3) is 0.211. The van der Waals surface area contributed by atoms with Crippen LogP contribution in [0, 0.1) is 0 Å². The van der Waals surface area contributed by atoms with E-state index in [2.05, 4.69) is 43.8 Å². The Morgan fingerprint density at radius 2 is 1.84 bits per heavy atom. The van der Waals surface area contributed by atoms with E-state index in [0.29, 0.717) is 0 Å². The summed E-state index contributed by atoms with van der Waals surface area (Å²) in [5.41, 5.74) is 2.13. The number of aromatic nitrogens is 3. The predicted octanol–water partition coefficient (Wildman–Crippen LogP) is 3.26. The van der Waals surface area contributed by atoms with E-state index in [-0.39, 0.29) is 12.1 Å². The normalized spacial score (nSPS) is 19.9. The van der Waals surface area contributed by atoms with E-state index in [4.69, 9.17) is 12.2 Å². The molecule has 0 aromatic carbocycles. The van der Waals surface area contributed by atoms with Crippen molar-refractivity contribution in [1.29, 1.82) is 0 Å². The molecule has 0 unspecified atom stereocenters. The van der Waals surface area contributed by atoms with Crippen LogP contribution in [-0.2, 0) is 0 Å². The molecule has 2 atom stereocenters. The van der Waals surface area contributed by atoms with Crippen LogP contribution < -0.4 is 5.32 Å². The number of hydrogen-bond acceptors (Lipinski definition) is 3. The number of nitrogens with one attached hydrogen (secondary N) is 1. The van der Waals surface area contributed by atoms with Crippen molar-refractivity contribution >= 4 is 17.3 Å². The summed E-state index contributed by atoms with van der Waals surface area (Å²) in [7, 11) is 0. The van der Waals surface area contributed by atoms with Crippen LogP contribution in [0.5, 0.6) is 0 Å². The summed E-state index contributed by atoms with van der Waals surface area (Å²) in [6, 6.07) is 16.2. The van der Waals surface area contributed by atoms with Crippen molar-refractivity contribution in [3.8, 4) is 5.82 Å². The maximum atomic E-state index is 5.59. The molecule has 0 spiro atoms. The molecule has 1 fully saturated rings. The lowest BCUT2D eigenvalue weighted by atomic mass is 10.0. The van der Waals surface area contributed by atoms with Crippen molar-refractivity contribution in [1.82, 2.24) is 24.8 Å². The lowest BCUT2D eigenvalue weighted by molar-refractivity contribution is 0.321. The zero-order valence-electron chi connectivity index (χ0n) is 13.9. The lowest BCUT2D eigenvalue weighted by Crippen LogP contribution is -2.30. The Morgan fingerprint density at radius 1 is 1.04 bits per heavy atom.